The van der Waals surface area contributed by atoms with Crippen molar-refractivity contribution in [3.63, 3.8) is 0 Å². The molecule has 1 aliphatic rings. The van der Waals surface area contributed by atoms with Gasteiger partial charge in [0.2, 0.25) is 0 Å². The second-order valence-corrected chi connectivity index (χ2v) is 4.91. The van der Waals surface area contributed by atoms with Gasteiger partial charge in [0.25, 0.3) is 0 Å². The van der Waals surface area contributed by atoms with Gasteiger partial charge in [-0.1, -0.05) is 6.42 Å². The maximum atomic E-state index is 12.7. The Bertz CT molecular complexity index is 467. The van der Waals surface area contributed by atoms with E-state index in [1.807, 2.05) is 0 Å². The topological polar surface area (TPSA) is 83.2 Å². The van der Waals surface area contributed by atoms with Crippen molar-refractivity contribution >= 4 is 11.6 Å². The molecule has 5 nitrogen and oxygen atoms in total. The number of pyridine rings is 1. The smallest absolute Gasteiger partial charge is 0.393 e. The lowest BCUT2D eigenvalue weighted by atomic mass is 10.1. The van der Waals surface area contributed by atoms with Crippen LogP contribution in [0.2, 0.25) is 0 Å². The van der Waals surface area contributed by atoms with E-state index in [1.165, 1.54) is 0 Å². The van der Waals surface area contributed by atoms with Crippen LogP contribution in [0.1, 0.15) is 24.8 Å². The summed E-state index contributed by atoms with van der Waals surface area (Å²) in [5.74, 6) is 5.19. The molecule has 1 aromatic heterocycles. The molecule has 0 spiro atoms. The van der Waals surface area contributed by atoms with Gasteiger partial charge in [0.1, 0.15) is 11.6 Å². The third kappa shape index (κ3) is 3.51. The number of halogens is 3. The molecule has 0 saturated heterocycles. The molecule has 2 unspecified atom stereocenters. The first-order valence-corrected chi connectivity index (χ1v) is 6.38. The van der Waals surface area contributed by atoms with E-state index in [0.29, 0.717) is 6.54 Å². The van der Waals surface area contributed by atoms with E-state index >= 15 is 0 Å². The molecule has 5 N–H and O–H groups in total. The van der Waals surface area contributed by atoms with E-state index < -0.39 is 17.8 Å². The number of aromatic nitrogens is 1. The summed E-state index contributed by atoms with van der Waals surface area (Å²) in [7, 11) is 0. The van der Waals surface area contributed by atoms with Gasteiger partial charge in [0.05, 0.1) is 11.7 Å². The molecule has 0 aromatic carbocycles. The molecule has 112 valence electrons. The van der Waals surface area contributed by atoms with Crippen LogP contribution < -0.4 is 16.6 Å². The predicted octanol–water partition coefficient (Wildman–Crippen LogP) is 1.96. The maximum absolute atomic E-state index is 12.7. The Morgan fingerprint density at radius 2 is 2.00 bits per heavy atom. The van der Waals surface area contributed by atoms with Gasteiger partial charge in [-0.15, -0.1) is 0 Å². The van der Waals surface area contributed by atoms with Crippen molar-refractivity contribution in [1.82, 2.24) is 4.98 Å². The number of hydrogen-bond donors (Lipinski definition) is 4. The second-order valence-electron chi connectivity index (χ2n) is 4.91. The molecular weight excluding hydrogens is 273 g/mol. The molecule has 2 atom stereocenters. The Kier molecular flexibility index (Phi) is 4.34. The normalized spacial score (nSPS) is 22.9. The van der Waals surface area contributed by atoms with Gasteiger partial charge in [-0.3, -0.25) is 0 Å². The summed E-state index contributed by atoms with van der Waals surface area (Å²) in [5.41, 5.74) is 1.29. The lowest BCUT2D eigenvalue weighted by Gasteiger charge is -2.17. The number of rotatable bonds is 4. The highest BCUT2D eigenvalue weighted by atomic mass is 19.4. The quantitative estimate of drug-likeness (QED) is 0.503. The fourth-order valence-corrected chi connectivity index (χ4v) is 2.35. The Hall–Kier alpha value is -1.54. The average molecular weight is 290 g/mol. The molecule has 2 rings (SSSR count). The van der Waals surface area contributed by atoms with Crippen LogP contribution >= 0.6 is 0 Å². The highest BCUT2D eigenvalue weighted by Crippen LogP contribution is 2.32. The first kappa shape index (κ1) is 14.9. The largest absolute Gasteiger partial charge is 0.416 e. The summed E-state index contributed by atoms with van der Waals surface area (Å²) >= 11 is 0. The number of hydrazine groups is 1. The van der Waals surface area contributed by atoms with Crippen molar-refractivity contribution in [2.75, 3.05) is 17.3 Å². The Morgan fingerprint density at radius 1 is 1.30 bits per heavy atom. The number of aliphatic hydroxyl groups excluding tert-OH is 1. The molecule has 20 heavy (non-hydrogen) atoms. The maximum Gasteiger partial charge on any atom is 0.416 e. The molecule has 1 saturated carbocycles. The zero-order valence-corrected chi connectivity index (χ0v) is 10.7. The molecule has 0 amide bonds. The zero-order chi connectivity index (χ0) is 14.8. The van der Waals surface area contributed by atoms with Crippen molar-refractivity contribution in [2.24, 2.45) is 11.8 Å². The average Bonchev–Trinajstić information content (AvgIpc) is 2.80. The molecule has 1 aromatic rings. The highest BCUT2D eigenvalue weighted by molar-refractivity contribution is 5.49. The summed E-state index contributed by atoms with van der Waals surface area (Å²) in [6.45, 7) is 0.388. The lowest BCUT2D eigenvalue weighted by Crippen LogP contribution is -2.23. The SMILES string of the molecule is NNc1cc(C(F)(F)F)cc(NCC2CCCC2O)n1. The monoisotopic (exact) mass is 290 g/mol. The van der Waals surface area contributed by atoms with E-state index in [9.17, 15) is 18.3 Å². The third-order valence-electron chi connectivity index (χ3n) is 3.46. The van der Waals surface area contributed by atoms with E-state index in [4.69, 9.17) is 5.84 Å². The third-order valence-corrected chi connectivity index (χ3v) is 3.46. The van der Waals surface area contributed by atoms with E-state index in [1.54, 1.807) is 0 Å². The van der Waals surface area contributed by atoms with Crippen molar-refractivity contribution in [2.45, 2.75) is 31.5 Å². The number of aliphatic hydroxyl groups is 1. The number of anilines is 2. The minimum atomic E-state index is -4.46. The molecule has 0 aliphatic heterocycles. The van der Waals surface area contributed by atoms with Crippen LogP contribution in [0.15, 0.2) is 12.1 Å². The van der Waals surface area contributed by atoms with Gasteiger partial charge in [-0.2, -0.15) is 13.2 Å². The van der Waals surface area contributed by atoms with Crippen LogP contribution in [-0.4, -0.2) is 22.7 Å². The van der Waals surface area contributed by atoms with Crippen LogP contribution in [0.25, 0.3) is 0 Å². The first-order chi connectivity index (χ1) is 9.40. The summed E-state index contributed by atoms with van der Waals surface area (Å²) in [6, 6.07) is 1.78. The van der Waals surface area contributed by atoms with Crippen molar-refractivity contribution < 1.29 is 18.3 Å². The van der Waals surface area contributed by atoms with Crippen LogP contribution in [0.5, 0.6) is 0 Å². The van der Waals surface area contributed by atoms with Crippen molar-refractivity contribution in [3.05, 3.63) is 17.7 Å². The van der Waals surface area contributed by atoms with Crippen LogP contribution in [0.3, 0.4) is 0 Å². The number of nitrogens with two attached hydrogens (primary N) is 1. The minimum Gasteiger partial charge on any atom is -0.393 e. The van der Waals surface area contributed by atoms with Gasteiger partial charge in [0.15, 0.2) is 0 Å². The number of nitrogen functional groups attached to an aromatic ring is 1. The standard InChI is InChI=1S/C12H17F3N4O/c13-12(14,15)8-4-10(18-11(5-8)19-16)17-6-7-2-1-3-9(7)20/h4-5,7,9,20H,1-3,6,16H2,(H2,17,18,19). The van der Waals surface area contributed by atoms with Gasteiger partial charge in [-0.25, -0.2) is 10.8 Å². The molecule has 0 bridgehead atoms. The van der Waals surface area contributed by atoms with Crippen LogP contribution in [0.4, 0.5) is 24.8 Å². The fourth-order valence-electron chi connectivity index (χ4n) is 2.35. The van der Waals surface area contributed by atoms with Crippen molar-refractivity contribution in [3.8, 4) is 0 Å². The van der Waals surface area contributed by atoms with Gasteiger partial charge in [-0.05, 0) is 25.0 Å². The Labute approximate surface area is 114 Å². The number of nitrogens with zero attached hydrogens (tertiary/aromatic N) is 1. The summed E-state index contributed by atoms with van der Waals surface area (Å²) < 4.78 is 38.2. The Balaban J connectivity index is 2.10. The number of alkyl halides is 3. The molecule has 1 heterocycles. The highest BCUT2D eigenvalue weighted by Gasteiger charge is 2.32. The van der Waals surface area contributed by atoms with Gasteiger partial charge in [0, 0.05) is 12.5 Å². The van der Waals surface area contributed by atoms with E-state index in [2.05, 4.69) is 15.7 Å². The molecule has 1 aliphatic carbocycles. The van der Waals surface area contributed by atoms with Crippen LogP contribution in [0, 0.1) is 5.92 Å². The summed E-state index contributed by atoms with van der Waals surface area (Å²) in [4.78, 5) is 3.92. The van der Waals surface area contributed by atoms with E-state index in [-0.39, 0.29) is 17.6 Å². The minimum absolute atomic E-state index is 0.0422. The van der Waals surface area contributed by atoms with Gasteiger partial charge >= 0.3 is 6.18 Å². The Morgan fingerprint density at radius 3 is 2.55 bits per heavy atom. The lowest BCUT2D eigenvalue weighted by molar-refractivity contribution is -0.137. The van der Waals surface area contributed by atoms with E-state index in [0.717, 1.165) is 31.4 Å². The van der Waals surface area contributed by atoms with Crippen LogP contribution in [-0.2, 0) is 6.18 Å². The predicted molar refractivity (Wildman–Crippen MR) is 68.9 cm³/mol. The molecule has 1 fully saturated rings. The summed E-state index contributed by atoms with van der Waals surface area (Å²) in [5, 5.41) is 12.5. The first-order valence-electron chi connectivity index (χ1n) is 6.38. The van der Waals surface area contributed by atoms with Gasteiger partial charge < -0.3 is 15.8 Å². The molecule has 0 radical (unpaired) electrons. The second kappa shape index (κ2) is 5.84. The summed E-state index contributed by atoms with van der Waals surface area (Å²) in [6.07, 6.45) is -2.34. The fraction of sp³-hybridized carbons (Fsp3) is 0.583. The molecular formula is C12H17F3N4O. The van der Waals surface area contributed by atoms with Crippen molar-refractivity contribution in [1.29, 1.82) is 0 Å². The number of hydrogen-bond acceptors (Lipinski definition) is 5. The number of nitrogens with one attached hydrogen (secondary N) is 2. The zero-order valence-electron chi connectivity index (χ0n) is 10.7. The molecule has 8 heteroatoms.